The summed E-state index contributed by atoms with van der Waals surface area (Å²) in [6.07, 6.45) is -0.438. The Balaban J connectivity index is 2.93. The molecule has 1 aromatic carbocycles. The fraction of sp³-hybridized carbons (Fsp3) is 0.533. The molecule has 106 valence electrons. The van der Waals surface area contributed by atoms with E-state index in [-0.39, 0.29) is 16.9 Å². The minimum Gasteiger partial charge on any atom is -0.410 e. The third-order valence-corrected chi connectivity index (χ3v) is 2.54. The van der Waals surface area contributed by atoms with Gasteiger partial charge in [0, 0.05) is 11.1 Å². The van der Waals surface area contributed by atoms with Crippen molar-refractivity contribution in [3.05, 3.63) is 30.1 Å². The highest BCUT2D eigenvalue weighted by Gasteiger charge is 2.37. The quantitative estimate of drug-likeness (QED) is 0.762. The molecule has 0 aliphatic carbocycles. The van der Waals surface area contributed by atoms with E-state index in [1.807, 2.05) is 41.5 Å². The summed E-state index contributed by atoms with van der Waals surface area (Å²) in [4.78, 5) is 14.0. The van der Waals surface area contributed by atoms with Crippen LogP contribution in [0.25, 0.3) is 0 Å². The first-order valence-electron chi connectivity index (χ1n) is 6.29. The highest BCUT2D eigenvalue weighted by molar-refractivity contribution is 5.72. The average molecular weight is 267 g/mol. The molecule has 0 heterocycles. The Hall–Kier alpha value is -1.58. The maximum absolute atomic E-state index is 12.8. The summed E-state index contributed by atoms with van der Waals surface area (Å²) in [6, 6.07) is 5.41. The molecule has 0 fully saturated rings. The van der Waals surface area contributed by atoms with Gasteiger partial charge in [-0.05, 0) is 65.8 Å². The second-order valence-corrected chi connectivity index (χ2v) is 6.50. The van der Waals surface area contributed by atoms with Crippen LogP contribution in [-0.4, -0.2) is 22.1 Å². The van der Waals surface area contributed by atoms with Gasteiger partial charge in [0.25, 0.3) is 0 Å². The number of hydrogen-bond acceptors (Lipinski definition) is 2. The number of hydrogen-bond donors (Lipinski definition) is 0. The highest BCUT2D eigenvalue weighted by atomic mass is 19.1. The van der Waals surface area contributed by atoms with Crippen molar-refractivity contribution in [1.82, 2.24) is 4.90 Å². The van der Waals surface area contributed by atoms with Crippen LogP contribution >= 0.6 is 0 Å². The monoisotopic (exact) mass is 267 g/mol. The van der Waals surface area contributed by atoms with Crippen LogP contribution in [0.1, 0.15) is 41.5 Å². The van der Waals surface area contributed by atoms with Gasteiger partial charge in [-0.3, -0.25) is 4.90 Å². The van der Waals surface area contributed by atoms with Gasteiger partial charge in [-0.2, -0.15) is 0 Å². The first-order valence-corrected chi connectivity index (χ1v) is 6.29. The van der Waals surface area contributed by atoms with Crippen LogP contribution in [-0.2, 0) is 0 Å². The smallest absolute Gasteiger partial charge is 0.410 e. The molecule has 1 rings (SSSR count). The van der Waals surface area contributed by atoms with Crippen LogP contribution in [0, 0.1) is 5.82 Å². The van der Waals surface area contributed by atoms with E-state index >= 15 is 0 Å². The first-order chi connectivity index (χ1) is 8.51. The lowest BCUT2D eigenvalue weighted by molar-refractivity contribution is 0.0467. The Bertz CT molecular complexity index is 427. The van der Waals surface area contributed by atoms with E-state index in [0.29, 0.717) is 5.75 Å². The van der Waals surface area contributed by atoms with Crippen molar-refractivity contribution in [2.45, 2.75) is 52.6 Å². The summed E-state index contributed by atoms with van der Waals surface area (Å²) < 4.78 is 18.1. The van der Waals surface area contributed by atoms with E-state index in [9.17, 15) is 9.18 Å². The van der Waals surface area contributed by atoms with Gasteiger partial charge >= 0.3 is 6.09 Å². The second kappa shape index (κ2) is 5.19. The molecule has 0 radical (unpaired) electrons. The highest BCUT2D eigenvalue weighted by Crippen LogP contribution is 2.26. The number of carbonyl (C=O) groups is 1. The van der Waals surface area contributed by atoms with Crippen molar-refractivity contribution < 1.29 is 13.9 Å². The maximum Gasteiger partial charge on any atom is 0.416 e. The van der Waals surface area contributed by atoms with E-state index in [4.69, 9.17) is 4.74 Å². The van der Waals surface area contributed by atoms with Gasteiger partial charge in [-0.25, -0.2) is 9.18 Å². The van der Waals surface area contributed by atoms with Gasteiger partial charge in [0.05, 0.1) is 0 Å². The van der Waals surface area contributed by atoms with Crippen molar-refractivity contribution >= 4 is 6.09 Å². The van der Waals surface area contributed by atoms with Crippen molar-refractivity contribution in [1.29, 1.82) is 0 Å². The van der Waals surface area contributed by atoms with Crippen LogP contribution in [0.15, 0.2) is 24.3 Å². The summed E-state index contributed by atoms with van der Waals surface area (Å²) in [6.45, 7) is 11.7. The standard InChI is InChI=1S/C15H22FNO2/c1-14(2,3)17(15(4,5)6)13(18)19-12-9-7-11(16)8-10-12/h7-10H,1-6H3. The van der Waals surface area contributed by atoms with Crippen LogP contribution in [0.5, 0.6) is 5.75 Å². The third-order valence-electron chi connectivity index (χ3n) is 2.54. The Morgan fingerprint density at radius 3 is 1.79 bits per heavy atom. The minimum absolute atomic E-state index is 0.338. The number of amides is 1. The molecule has 1 amide bonds. The molecule has 19 heavy (non-hydrogen) atoms. The fourth-order valence-electron chi connectivity index (χ4n) is 2.20. The number of carbonyl (C=O) groups excluding carboxylic acids is 1. The van der Waals surface area contributed by atoms with Gasteiger partial charge in [0.1, 0.15) is 11.6 Å². The van der Waals surface area contributed by atoms with Crippen LogP contribution < -0.4 is 4.74 Å². The Kier molecular flexibility index (Phi) is 4.23. The lowest BCUT2D eigenvalue weighted by Crippen LogP contribution is -2.56. The molecule has 0 saturated heterocycles. The number of benzene rings is 1. The SMILES string of the molecule is CC(C)(C)N(C(=O)Oc1ccc(F)cc1)C(C)(C)C. The summed E-state index contributed by atoms with van der Waals surface area (Å²) in [5.41, 5.74) is -0.731. The zero-order valence-corrected chi connectivity index (χ0v) is 12.5. The van der Waals surface area contributed by atoms with E-state index in [1.54, 1.807) is 4.90 Å². The number of halogens is 1. The zero-order chi connectivity index (χ0) is 14.8. The summed E-state index contributed by atoms with van der Waals surface area (Å²) in [5, 5.41) is 0. The normalized spacial score (nSPS) is 12.2. The van der Waals surface area contributed by atoms with E-state index in [0.717, 1.165) is 0 Å². The van der Waals surface area contributed by atoms with Gasteiger partial charge < -0.3 is 4.74 Å². The largest absolute Gasteiger partial charge is 0.416 e. The van der Waals surface area contributed by atoms with Crippen LogP contribution in [0.2, 0.25) is 0 Å². The molecule has 0 saturated carbocycles. The molecule has 1 aromatic rings. The fourth-order valence-corrected chi connectivity index (χ4v) is 2.20. The molecular formula is C15H22FNO2. The van der Waals surface area contributed by atoms with Crippen molar-refractivity contribution in [3.8, 4) is 5.75 Å². The predicted molar refractivity (Wildman–Crippen MR) is 73.8 cm³/mol. The van der Waals surface area contributed by atoms with Gasteiger partial charge in [0.15, 0.2) is 0 Å². The van der Waals surface area contributed by atoms with E-state index < -0.39 is 6.09 Å². The average Bonchev–Trinajstić information content (AvgIpc) is 2.16. The zero-order valence-electron chi connectivity index (χ0n) is 12.5. The minimum atomic E-state index is -0.438. The predicted octanol–water partition coefficient (Wildman–Crippen LogP) is 4.22. The molecule has 0 aliphatic rings. The molecule has 0 unspecified atom stereocenters. The topological polar surface area (TPSA) is 29.5 Å². The van der Waals surface area contributed by atoms with E-state index in [2.05, 4.69) is 0 Å². The lowest BCUT2D eigenvalue weighted by atomic mass is 9.97. The molecule has 0 aromatic heterocycles. The van der Waals surface area contributed by atoms with E-state index in [1.165, 1.54) is 24.3 Å². The third kappa shape index (κ3) is 4.23. The van der Waals surface area contributed by atoms with Crippen LogP contribution in [0.4, 0.5) is 9.18 Å². The molecule has 0 spiro atoms. The van der Waals surface area contributed by atoms with Crippen LogP contribution in [0.3, 0.4) is 0 Å². The van der Waals surface area contributed by atoms with Crippen molar-refractivity contribution in [3.63, 3.8) is 0 Å². The lowest BCUT2D eigenvalue weighted by Gasteiger charge is -2.44. The maximum atomic E-state index is 12.8. The molecule has 0 N–H and O–H groups in total. The van der Waals surface area contributed by atoms with Crippen molar-refractivity contribution in [2.24, 2.45) is 0 Å². The van der Waals surface area contributed by atoms with Gasteiger partial charge in [-0.15, -0.1) is 0 Å². The Labute approximate surface area is 114 Å². The molecule has 0 atom stereocenters. The summed E-state index contributed by atoms with van der Waals surface area (Å²) in [7, 11) is 0. The number of ether oxygens (including phenoxy) is 1. The molecular weight excluding hydrogens is 245 g/mol. The van der Waals surface area contributed by atoms with Crippen molar-refractivity contribution in [2.75, 3.05) is 0 Å². The Morgan fingerprint density at radius 1 is 1.00 bits per heavy atom. The molecule has 0 bridgehead atoms. The Morgan fingerprint density at radius 2 is 1.42 bits per heavy atom. The summed E-state index contributed by atoms with van der Waals surface area (Å²) >= 11 is 0. The number of nitrogens with zero attached hydrogens (tertiary/aromatic N) is 1. The molecule has 0 aliphatic heterocycles. The first kappa shape index (κ1) is 15.5. The van der Waals surface area contributed by atoms with Gasteiger partial charge in [-0.1, -0.05) is 0 Å². The second-order valence-electron chi connectivity index (χ2n) is 6.50. The summed E-state index contributed by atoms with van der Waals surface area (Å²) in [5.74, 6) is -0.0202. The number of rotatable bonds is 1. The molecule has 3 nitrogen and oxygen atoms in total. The van der Waals surface area contributed by atoms with Gasteiger partial charge in [0.2, 0.25) is 0 Å². The molecule has 4 heteroatoms.